The number of benzene rings is 2. The molecule has 0 aliphatic carbocycles. The van der Waals surface area contributed by atoms with E-state index in [1.54, 1.807) is 4.90 Å². The van der Waals surface area contributed by atoms with Crippen LogP contribution in [0.5, 0.6) is 11.5 Å². The molecule has 30 heavy (non-hydrogen) atoms. The van der Waals surface area contributed by atoms with Gasteiger partial charge in [0.05, 0.1) is 32.5 Å². The molecule has 1 atom stereocenters. The SMILES string of the molecule is CCOc1cc(C(C)N(CCOCc2ccccc2)C(N)=O)c(C)c(OCC)c1C. The maximum absolute atomic E-state index is 12.2. The average molecular weight is 415 g/mol. The zero-order valence-corrected chi connectivity index (χ0v) is 18.7. The monoisotopic (exact) mass is 414 g/mol. The predicted octanol–water partition coefficient (Wildman–Crippen LogP) is 4.76. The fourth-order valence-corrected chi connectivity index (χ4v) is 3.57. The number of amides is 2. The topological polar surface area (TPSA) is 74.0 Å². The molecule has 0 aliphatic rings. The minimum atomic E-state index is -0.485. The highest BCUT2D eigenvalue weighted by atomic mass is 16.5. The lowest BCUT2D eigenvalue weighted by Gasteiger charge is -2.30. The molecule has 0 aromatic heterocycles. The number of ether oxygens (including phenoxy) is 3. The van der Waals surface area contributed by atoms with Crippen molar-refractivity contribution in [2.24, 2.45) is 5.73 Å². The van der Waals surface area contributed by atoms with Crippen molar-refractivity contribution in [3.8, 4) is 11.5 Å². The summed E-state index contributed by atoms with van der Waals surface area (Å²) in [6.07, 6.45) is 0. The normalized spacial score (nSPS) is 11.8. The summed E-state index contributed by atoms with van der Waals surface area (Å²) in [5, 5.41) is 0. The number of nitrogens with two attached hydrogens (primary N) is 1. The Morgan fingerprint density at radius 2 is 1.73 bits per heavy atom. The Kier molecular flexibility index (Phi) is 8.99. The Morgan fingerprint density at radius 1 is 1.07 bits per heavy atom. The van der Waals surface area contributed by atoms with Crippen molar-refractivity contribution < 1.29 is 19.0 Å². The first-order chi connectivity index (χ1) is 14.4. The van der Waals surface area contributed by atoms with E-state index in [1.165, 1.54) is 0 Å². The standard InChI is InChI=1S/C24H34N2O4/c1-6-29-22-15-21(17(3)23(18(22)4)30-7-2)19(5)26(24(25)27)13-14-28-16-20-11-9-8-10-12-20/h8-12,15,19H,6-7,13-14,16H2,1-5H3,(H2,25,27). The number of nitrogens with zero attached hydrogens (tertiary/aromatic N) is 1. The van der Waals surface area contributed by atoms with E-state index in [4.69, 9.17) is 19.9 Å². The molecule has 0 spiro atoms. The highest BCUT2D eigenvalue weighted by Crippen LogP contribution is 2.38. The fraction of sp³-hybridized carbons (Fsp3) is 0.458. The second-order valence-electron chi connectivity index (χ2n) is 7.15. The Morgan fingerprint density at radius 3 is 2.33 bits per heavy atom. The summed E-state index contributed by atoms with van der Waals surface area (Å²) in [4.78, 5) is 13.8. The van der Waals surface area contributed by atoms with Crippen molar-refractivity contribution in [2.75, 3.05) is 26.4 Å². The van der Waals surface area contributed by atoms with E-state index < -0.39 is 6.03 Å². The van der Waals surface area contributed by atoms with Gasteiger partial charge in [0.15, 0.2) is 0 Å². The molecular formula is C24H34N2O4. The lowest BCUT2D eigenvalue weighted by Crippen LogP contribution is -2.40. The Balaban J connectivity index is 2.19. The van der Waals surface area contributed by atoms with Gasteiger partial charge in [-0.05, 0) is 57.4 Å². The molecule has 2 amide bonds. The van der Waals surface area contributed by atoms with E-state index in [1.807, 2.05) is 71.0 Å². The Bertz CT molecular complexity index is 824. The molecule has 0 saturated heterocycles. The molecule has 6 heteroatoms. The summed E-state index contributed by atoms with van der Waals surface area (Å²) in [6.45, 7) is 12.2. The molecule has 2 rings (SSSR count). The average Bonchev–Trinajstić information content (AvgIpc) is 2.73. The summed E-state index contributed by atoms with van der Waals surface area (Å²) >= 11 is 0. The second kappa shape index (κ2) is 11.5. The third-order valence-electron chi connectivity index (χ3n) is 5.15. The van der Waals surface area contributed by atoms with E-state index in [0.29, 0.717) is 33.0 Å². The van der Waals surface area contributed by atoms with Crippen LogP contribution < -0.4 is 15.2 Å². The number of rotatable bonds is 11. The van der Waals surface area contributed by atoms with Crippen LogP contribution in [-0.4, -0.2) is 37.3 Å². The minimum absolute atomic E-state index is 0.248. The number of primary amides is 1. The van der Waals surface area contributed by atoms with Crippen LogP contribution in [0.1, 0.15) is 49.1 Å². The van der Waals surface area contributed by atoms with Gasteiger partial charge in [0.2, 0.25) is 0 Å². The third kappa shape index (κ3) is 5.89. The van der Waals surface area contributed by atoms with Crippen molar-refractivity contribution in [1.29, 1.82) is 0 Å². The summed E-state index contributed by atoms with van der Waals surface area (Å²) in [5.74, 6) is 1.56. The highest BCUT2D eigenvalue weighted by Gasteiger charge is 2.24. The molecule has 2 aromatic rings. The summed E-state index contributed by atoms with van der Waals surface area (Å²) in [5.41, 5.74) is 9.70. The van der Waals surface area contributed by atoms with Crippen molar-refractivity contribution in [2.45, 2.75) is 47.3 Å². The number of hydrogen-bond acceptors (Lipinski definition) is 4. The van der Waals surface area contributed by atoms with Gasteiger partial charge in [0.25, 0.3) is 0 Å². The molecule has 0 radical (unpaired) electrons. The Hall–Kier alpha value is -2.73. The molecular weight excluding hydrogens is 380 g/mol. The first kappa shape index (κ1) is 23.5. The molecule has 0 bridgehead atoms. The second-order valence-corrected chi connectivity index (χ2v) is 7.15. The molecule has 2 aromatic carbocycles. The van der Waals surface area contributed by atoms with Gasteiger partial charge in [0, 0.05) is 12.1 Å². The zero-order chi connectivity index (χ0) is 22.1. The summed E-state index contributed by atoms with van der Waals surface area (Å²) in [6, 6.07) is 11.2. The molecule has 164 valence electrons. The van der Waals surface area contributed by atoms with Gasteiger partial charge in [-0.3, -0.25) is 0 Å². The number of hydrogen-bond donors (Lipinski definition) is 1. The largest absolute Gasteiger partial charge is 0.493 e. The van der Waals surface area contributed by atoms with Crippen molar-refractivity contribution in [1.82, 2.24) is 4.90 Å². The summed E-state index contributed by atoms with van der Waals surface area (Å²) in [7, 11) is 0. The van der Waals surface area contributed by atoms with Gasteiger partial charge < -0.3 is 24.8 Å². The third-order valence-corrected chi connectivity index (χ3v) is 5.15. The number of carbonyl (C=O) groups excluding carboxylic acids is 1. The zero-order valence-electron chi connectivity index (χ0n) is 18.7. The molecule has 0 heterocycles. The lowest BCUT2D eigenvalue weighted by atomic mass is 9.97. The van der Waals surface area contributed by atoms with Crippen LogP contribution in [0.3, 0.4) is 0 Å². The molecule has 2 N–H and O–H groups in total. The van der Waals surface area contributed by atoms with Gasteiger partial charge in [-0.15, -0.1) is 0 Å². The summed E-state index contributed by atoms with van der Waals surface area (Å²) < 4.78 is 17.5. The van der Waals surface area contributed by atoms with Crippen molar-refractivity contribution in [3.63, 3.8) is 0 Å². The first-order valence-corrected chi connectivity index (χ1v) is 10.5. The van der Waals surface area contributed by atoms with Gasteiger partial charge in [0.1, 0.15) is 11.5 Å². The Labute approximate surface area is 179 Å². The van der Waals surface area contributed by atoms with Crippen LogP contribution >= 0.6 is 0 Å². The van der Waals surface area contributed by atoms with Crippen LogP contribution in [0, 0.1) is 13.8 Å². The first-order valence-electron chi connectivity index (χ1n) is 10.5. The fourth-order valence-electron chi connectivity index (χ4n) is 3.57. The van der Waals surface area contributed by atoms with E-state index in [2.05, 4.69) is 0 Å². The number of urea groups is 1. The van der Waals surface area contributed by atoms with Crippen molar-refractivity contribution >= 4 is 6.03 Å². The van der Waals surface area contributed by atoms with E-state index in [-0.39, 0.29) is 6.04 Å². The highest BCUT2D eigenvalue weighted by molar-refractivity contribution is 5.73. The van der Waals surface area contributed by atoms with Gasteiger partial charge >= 0.3 is 6.03 Å². The predicted molar refractivity (Wildman–Crippen MR) is 119 cm³/mol. The van der Waals surface area contributed by atoms with Gasteiger partial charge in [-0.2, -0.15) is 0 Å². The minimum Gasteiger partial charge on any atom is -0.493 e. The molecule has 0 fully saturated rings. The van der Waals surface area contributed by atoms with E-state index >= 15 is 0 Å². The molecule has 0 aliphatic heterocycles. The maximum Gasteiger partial charge on any atom is 0.315 e. The van der Waals surface area contributed by atoms with E-state index in [0.717, 1.165) is 33.8 Å². The maximum atomic E-state index is 12.2. The van der Waals surface area contributed by atoms with Crippen LogP contribution in [0.15, 0.2) is 36.4 Å². The van der Waals surface area contributed by atoms with Crippen LogP contribution in [-0.2, 0) is 11.3 Å². The van der Waals surface area contributed by atoms with Crippen LogP contribution in [0.2, 0.25) is 0 Å². The quantitative estimate of drug-likeness (QED) is 0.538. The van der Waals surface area contributed by atoms with Crippen LogP contribution in [0.4, 0.5) is 4.79 Å². The molecule has 0 saturated carbocycles. The molecule has 6 nitrogen and oxygen atoms in total. The van der Waals surface area contributed by atoms with Gasteiger partial charge in [-0.25, -0.2) is 4.79 Å². The molecule has 1 unspecified atom stereocenters. The number of carbonyl (C=O) groups is 1. The van der Waals surface area contributed by atoms with E-state index in [9.17, 15) is 4.79 Å². The van der Waals surface area contributed by atoms with Crippen molar-refractivity contribution in [3.05, 3.63) is 58.7 Å². The smallest absolute Gasteiger partial charge is 0.315 e. The van der Waals surface area contributed by atoms with Gasteiger partial charge in [-0.1, -0.05) is 30.3 Å². The van der Waals surface area contributed by atoms with Crippen LogP contribution in [0.25, 0.3) is 0 Å². The lowest BCUT2D eigenvalue weighted by molar-refractivity contribution is 0.0913.